The van der Waals surface area contributed by atoms with Crippen molar-refractivity contribution in [2.45, 2.75) is 242 Å². The van der Waals surface area contributed by atoms with E-state index in [1.54, 1.807) is 0 Å². The minimum Gasteiger partial charge on any atom is -0.462 e. The molecule has 1 spiro atoms. The van der Waals surface area contributed by atoms with E-state index in [9.17, 15) is 55.5 Å². The summed E-state index contributed by atoms with van der Waals surface area (Å²) in [4.78, 5) is 26.7. The van der Waals surface area contributed by atoms with E-state index >= 15 is 0 Å². The molecule has 77 heavy (non-hydrogen) atoms. The van der Waals surface area contributed by atoms with Crippen molar-refractivity contribution in [3.63, 3.8) is 0 Å². The number of cyclic esters (lactones) is 1. The summed E-state index contributed by atoms with van der Waals surface area (Å²) >= 11 is 0. The second-order valence-electron chi connectivity index (χ2n) is 25.1. The maximum absolute atomic E-state index is 14.6. The topological polar surface area (TPSA) is 318 Å². The minimum atomic E-state index is -1.83. The second-order valence-corrected chi connectivity index (χ2v) is 25.1. The van der Waals surface area contributed by atoms with E-state index in [0.29, 0.717) is 25.7 Å². The first-order valence-corrected chi connectivity index (χ1v) is 27.7. The largest absolute Gasteiger partial charge is 0.462 e. The van der Waals surface area contributed by atoms with E-state index in [1.807, 2.05) is 13.8 Å². The fourth-order valence-corrected chi connectivity index (χ4v) is 16.2. The molecule has 0 radical (unpaired) electrons. The number of fused-ring (bicyclic) bond motifs is 4. The van der Waals surface area contributed by atoms with E-state index < -0.39 is 158 Å². The first-order valence-electron chi connectivity index (χ1n) is 27.7. The van der Waals surface area contributed by atoms with Crippen LogP contribution in [0.15, 0.2) is 23.8 Å². The van der Waals surface area contributed by atoms with Gasteiger partial charge in [0.05, 0.1) is 37.4 Å². The summed E-state index contributed by atoms with van der Waals surface area (Å²) in [5, 5.41) is 98.6. The third-order valence-electron chi connectivity index (χ3n) is 20.1. The Morgan fingerprint density at radius 3 is 2.05 bits per heavy atom. The molecular formula is C55H86O22. The molecule has 22 nitrogen and oxygen atoms in total. The molecular weight excluding hydrogens is 1010 g/mol. The van der Waals surface area contributed by atoms with Gasteiger partial charge in [0, 0.05) is 38.2 Å². The molecule has 0 aromatic heterocycles. The van der Waals surface area contributed by atoms with E-state index in [-0.39, 0.29) is 41.7 Å². The predicted molar refractivity (Wildman–Crippen MR) is 265 cm³/mol. The van der Waals surface area contributed by atoms with Crippen molar-refractivity contribution in [2.24, 2.45) is 39.4 Å². The molecule has 22 heteroatoms. The zero-order chi connectivity index (χ0) is 56.1. The van der Waals surface area contributed by atoms with Crippen LogP contribution < -0.4 is 0 Å². The molecule has 9 aliphatic rings. The molecule has 0 aromatic rings. The van der Waals surface area contributed by atoms with Crippen LogP contribution >= 0.6 is 0 Å². The Labute approximate surface area is 450 Å². The van der Waals surface area contributed by atoms with E-state index in [1.165, 1.54) is 26.5 Å². The van der Waals surface area contributed by atoms with Gasteiger partial charge in [0.15, 0.2) is 25.2 Å². The SMILES string of the molecule is C=C(C)C[C@@H](C[C@]1(C)OC(=O)[C@]23CC[C@@H]4C(=CC[C@H]5C(C)(C)[C@@H](O[C@@H]6OC[C@@H](O)[C@@H](O)[C@@H]6O[C@H]6O[C@H](C)[C@H](O[C@@H]7OC[C@@H](O)[C@@H](O[C@@H]8O[C@H](CO)[C@@H](O)[C@@H](OC)[C@@H]8O)[C@@H]7O)[C@H](O)[C@H]6O)CC[C@]45C)[C@]2(C)CC[C@@H]31)OC(C)=O. The Bertz CT molecular complexity index is 2160. The zero-order valence-corrected chi connectivity index (χ0v) is 45.9. The van der Waals surface area contributed by atoms with Gasteiger partial charge >= 0.3 is 11.9 Å². The molecule has 438 valence electrons. The maximum atomic E-state index is 14.6. The Hall–Kier alpha value is -2.30. The van der Waals surface area contributed by atoms with Crippen molar-refractivity contribution in [1.82, 2.24) is 0 Å². The van der Waals surface area contributed by atoms with Crippen molar-refractivity contribution in [3.8, 4) is 0 Å². The maximum Gasteiger partial charge on any atom is 0.313 e. The van der Waals surface area contributed by atoms with Crippen LogP contribution in [-0.2, 0) is 61.7 Å². The smallest absolute Gasteiger partial charge is 0.313 e. The first-order chi connectivity index (χ1) is 36.2. The molecule has 27 atom stereocenters. The Morgan fingerprint density at radius 1 is 0.727 bits per heavy atom. The highest BCUT2D eigenvalue weighted by Gasteiger charge is 2.76. The number of methoxy groups -OCH3 is 1. The average molecular weight is 1100 g/mol. The van der Waals surface area contributed by atoms with E-state index in [0.717, 1.165) is 37.7 Å². The van der Waals surface area contributed by atoms with Gasteiger partial charge in [-0.05, 0) is 88.4 Å². The third-order valence-corrected chi connectivity index (χ3v) is 20.1. The molecule has 0 bridgehead atoms. The quantitative estimate of drug-likeness (QED) is 0.0809. The van der Waals surface area contributed by atoms with Crippen LogP contribution in [0, 0.1) is 39.4 Å². The molecule has 4 aliphatic carbocycles. The van der Waals surface area contributed by atoms with Gasteiger partial charge in [-0.3, -0.25) is 9.59 Å². The van der Waals surface area contributed by atoms with Gasteiger partial charge in [0.25, 0.3) is 0 Å². The van der Waals surface area contributed by atoms with Gasteiger partial charge in [-0.2, -0.15) is 0 Å². The van der Waals surface area contributed by atoms with Crippen molar-refractivity contribution in [3.05, 3.63) is 23.8 Å². The third kappa shape index (κ3) is 10.1. The lowest BCUT2D eigenvalue weighted by Gasteiger charge is -2.64. The number of rotatable bonds is 15. The normalized spacial score (nSPS) is 50.8. The Kier molecular flexibility index (Phi) is 17.0. The van der Waals surface area contributed by atoms with Gasteiger partial charge in [-0.1, -0.05) is 44.9 Å². The monoisotopic (exact) mass is 1100 g/mol. The van der Waals surface area contributed by atoms with Gasteiger partial charge in [-0.15, -0.1) is 6.58 Å². The van der Waals surface area contributed by atoms with E-state index in [4.69, 9.17) is 52.1 Å². The van der Waals surface area contributed by atoms with Gasteiger partial charge < -0.3 is 98.1 Å². The number of ether oxygens (including phenoxy) is 11. The van der Waals surface area contributed by atoms with Crippen molar-refractivity contribution in [2.75, 3.05) is 26.9 Å². The van der Waals surface area contributed by atoms with Crippen LogP contribution in [0.2, 0.25) is 0 Å². The molecule has 9 rings (SSSR count). The van der Waals surface area contributed by atoms with Gasteiger partial charge in [0.2, 0.25) is 0 Å². The van der Waals surface area contributed by atoms with Crippen LogP contribution in [0.5, 0.6) is 0 Å². The minimum absolute atomic E-state index is 0.0505. The highest BCUT2D eigenvalue weighted by molar-refractivity contribution is 5.83. The Balaban J connectivity index is 0.859. The average Bonchev–Trinajstić information content (AvgIpc) is 3.66. The first kappa shape index (κ1) is 59.3. The fourth-order valence-electron chi connectivity index (χ4n) is 16.2. The van der Waals surface area contributed by atoms with Crippen LogP contribution in [-0.4, -0.2) is 213 Å². The lowest BCUT2D eigenvalue weighted by atomic mass is 9.41. The summed E-state index contributed by atoms with van der Waals surface area (Å²) in [7, 11) is 1.23. The van der Waals surface area contributed by atoms with Crippen molar-refractivity contribution < 1.29 is 108 Å². The van der Waals surface area contributed by atoms with Crippen LogP contribution in [0.1, 0.15) is 113 Å². The highest BCUT2D eigenvalue weighted by atomic mass is 16.8. The number of hydrogen-bond acceptors (Lipinski definition) is 22. The Morgan fingerprint density at radius 2 is 1.38 bits per heavy atom. The number of hydrogen-bond donors (Lipinski definition) is 9. The van der Waals surface area contributed by atoms with Crippen LogP contribution in [0.3, 0.4) is 0 Å². The lowest BCUT2D eigenvalue weighted by Crippen LogP contribution is -2.65. The number of aliphatic hydroxyl groups is 9. The summed E-state index contributed by atoms with van der Waals surface area (Å²) in [6.07, 6.45) is -19.0. The number of allylic oxidation sites excluding steroid dienone is 2. The summed E-state index contributed by atoms with van der Waals surface area (Å²) in [5.41, 5.74) is -0.365. The zero-order valence-electron chi connectivity index (χ0n) is 45.9. The molecule has 0 aromatic carbocycles. The lowest BCUT2D eigenvalue weighted by molar-refractivity contribution is -0.382. The molecule has 8 fully saturated rings. The van der Waals surface area contributed by atoms with Gasteiger partial charge in [-0.25, -0.2) is 0 Å². The standard InChI is InChI=1S/C55H86O22/c1-24(2)19-27(71-26(4)57)20-54(9)34-14-17-53(8)29-11-12-33-51(5,6)35(15-16-52(33,7)28(29)13-18-55(34,53)50(66)77-54)73-49-45(36(60)30(58)22-69-49)76-47-39(63)38(62)42(25(3)70-47)74-46-40(64)43(31(59)23-68-46)75-48-41(65)44(67-10)37(61)32(21-56)72-48/h11,25,27-28,30-49,56,58-65H,1,12-23H2,2-10H3/t25-,27+,28-,30-,31-,32-,33+,34-,35+,36-,37-,38-,39-,40+,41+,42+,43-,44-,45+,46+,47-,48+,49+,52-,53+,54+,55-/m1/s1. The molecule has 3 saturated carbocycles. The molecule has 0 amide bonds. The number of carbonyl (C=O) groups is 2. The van der Waals surface area contributed by atoms with Gasteiger partial charge in [0.1, 0.15) is 91.1 Å². The second kappa shape index (κ2) is 22.1. The molecule has 0 unspecified atom stereocenters. The van der Waals surface area contributed by atoms with Crippen LogP contribution in [0.25, 0.3) is 0 Å². The highest BCUT2D eigenvalue weighted by Crippen LogP contribution is 2.76. The molecule has 5 aliphatic heterocycles. The molecule has 5 heterocycles. The van der Waals surface area contributed by atoms with Crippen LogP contribution in [0.4, 0.5) is 0 Å². The number of aliphatic hydroxyl groups excluding tert-OH is 9. The summed E-state index contributed by atoms with van der Waals surface area (Å²) in [5.74, 6) is -0.265. The van der Waals surface area contributed by atoms with Crippen molar-refractivity contribution >= 4 is 11.9 Å². The molecule has 5 saturated heterocycles. The van der Waals surface area contributed by atoms with Crippen molar-refractivity contribution in [1.29, 1.82) is 0 Å². The van der Waals surface area contributed by atoms with E-state index in [2.05, 4.69) is 40.3 Å². The fraction of sp³-hybridized carbons (Fsp3) is 0.891. The predicted octanol–water partition coefficient (Wildman–Crippen LogP) is 0.793. The number of carbonyl (C=O) groups excluding carboxylic acids is 2. The number of esters is 2. The molecule has 9 N–H and O–H groups in total. The summed E-state index contributed by atoms with van der Waals surface area (Å²) in [6.45, 7) is 18.5. The summed E-state index contributed by atoms with van der Waals surface area (Å²) in [6, 6.07) is 0. The summed E-state index contributed by atoms with van der Waals surface area (Å²) < 4.78 is 65.6.